The minimum atomic E-state index is -0.660. The Bertz CT molecular complexity index is 472. The number of amides is 2. The molecule has 0 unspecified atom stereocenters. The van der Waals surface area contributed by atoms with Gasteiger partial charge in [-0.3, -0.25) is 9.59 Å². The Hall–Kier alpha value is -2.04. The number of aromatic hydroxyl groups is 1. The summed E-state index contributed by atoms with van der Waals surface area (Å²) in [4.78, 5) is 25.0. The zero-order chi connectivity index (χ0) is 14.4. The molecule has 1 aromatic carbocycles. The number of nitrogens with zero attached hydrogens (tertiary/aromatic N) is 1. The van der Waals surface area contributed by atoms with Gasteiger partial charge in [-0.15, -0.1) is 0 Å². The molecule has 0 aromatic heterocycles. The van der Waals surface area contributed by atoms with Gasteiger partial charge >= 0.3 is 11.8 Å². The fourth-order valence-corrected chi connectivity index (χ4v) is 1.63. The Balaban J connectivity index is 2.66. The Morgan fingerprint density at radius 3 is 2.63 bits per heavy atom. The van der Waals surface area contributed by atoms with Gasteiger partial charge in [0, 0.05) is 19.3 Å². The summed E-state index contributed by atoms with van der Waals surface area (Å²) >= 11 is 0. The Morgan fingerprint density at radius 2 is 2.05 bits per heavy atom. The molecule has 0 fully saturated rings. The molecule has 2 N–H and O–H groups in total. The molecule has 104 valence electrons. The highest BCUT2D eigenvalue weighted by molar-refractivity contribution is 6.39. The van der Waals surface area contributed by atoms with Crippen molar-refractivity contribution in [1.29, 1.82) is 0 Å². The van der Waals surface area contributed by atoms with Crippen LogP contribution in [-0.2, 0) is 9.59 Å². The predicted octanol–water partition coefficient (Wildman–Crippen LogP) is 1.90. The van der Waals surface area contributed by atoms with Crippen molar-refractivity contribution in [2.24, 2.45) is 0 Å². The van der Waals surface area contributed by atoms with E-state index in [1.54, 1.807) is 20.0 Å². The second kappa shape index (κ2) is 6.78. The quantitative estimate of drug-likeness (QED) is 0.644. The largest absolute Gasteiger partial charge is 0.508 e. The van der Waals surface area contributed by atoms with Crippen molar-refractivity contribution < 1.29 is 14.7 Å². The van der Waals surface area contributed by atoms with Crippen LogP contribution in [0.3, 0.4) is 0 Å². The predicted molar refractivity (Wildman–Crippen MR) is 74.0 cm³/mol. The maximum absolute atomic E-state index is 11.8. The normalized spacial score (nSPS) is 10.1. The molecule has 0 saturated heterocycles. The number of anilines is 1. The summed E-state index contributed by atoms with van der Waals surface area (Å²) in [6.07, 6.45) is 1.84. The Labute approximate surface area is 113 Å². The third-order valence-electron chi connectivity index (χ3n) is 2.85. The van der Waals surface area contributed by atoms with Gasteiger partial charge in [0.25, 0.3) is 0 Å². The molecule has 0 aliphatic carbocycles. The molecule has 2 amide bonds. The van der Waals surface area contributed by atoms with Crippen LogP contribution in [0.25, 0.3) is 0 Å². The number of phenolic OH excluding ortho intramolecular Hbond substituents is 1. The number of nitrogens with one attached hydrogen (secondary N) is 1. The first kappa shape index (κ1) is 15.0. The van der Waals surface area contributed by atoms with Crippen LogP contribution in [0, 0.1) is 6.92 Å². The molecule has 19 heavy (non-hydrogen) atoms. The van der Waals surface area contributed by atoms with Crippen molar-refractivity contribution >= 4 is 17.5 Å². The van der Waals surface area contributed by atoms with Crippen LogP contribution in [0.5, 0.6) is 5.75 Å². The highest BCUT2D eigenvalue weighted by Crippen LogP contribution is 2.20. The lowest BCUT2D eigenvalue weighted by molar-refractivity contribution is -0.142. The second-order valence-corrected chi connectivity index (χ2v) is 4.53. The molecule has 5 heteroatoms. The number of likely N-dealkylation sites (N-methyl/N-ethyl adjacent to an activating group) is 1. The number of rotatable bonds is 4. The van der Waals surface area contributed by atoms with Crippen molar-refractivity contribution in [2.45, 2.75) is 26.7 Å². The van der Waals surface area contributed by atoms with Crippen LogP contribution in [0.2, 0.25) is 0 Å². The molecule has 5 nitrogen and oxygen atoms in total. The first-order valence-corrected chi connectivity index (χ1v) is 6.31. The number of benzene rings is 1. The van der Waals surface area contributed by atoms with Crippen molar-refractivity contribution in [3.8, 4) is 5.75 Å². The van der Waals surface area contributed by atoms with Crippen LogP contribution < -0.4 is 5.32 Å². The molecule has 0 heterocycles. The van der Waals surface area contributed by atoms with Gasteiger partial charge in [0.15, 0.2) is 0 Å². The topological polar surface area (TPSA) is 69.6 Å². The number of aryl methyl sites for hydroxylation is 1. The smallest absolute Gasteiger partial charge is 0.313 e. The summed E-state index contributed by atoms with van der Waals surface area (Å²) in [6, 6.07) is 4.57. The molecular weight excluding hydrogens is 244 g/mol. The van der Waals surface area contributed by atoms with Gasteiger partial charge in [-0.05, 0) is 37.1 Å². The van der Waals surface area contributed by atoms with E-state index in [0.717, 1.165) is 12.8 Å². The van der Waals surface area contributed by atoms with Crippen molar-refractivity contribution in [2.75, 3.05) is 18.9 Å². The highest BCUT2D eigenvalue weighted by Gasteiger charge is 2.18. The van der Waals surface area contributed by atoms with Crippen molar-refractivity contribution in [1.82, 2.24) is 4.90 Å². The van der Waals surface area contributed by atoms with Gasteiger partial charge in [-0.2, -0.15) is 0 Å². The summed E-state index contributed by atoms with van der Waals surface area (Å²) in [7, 11) is 1.61. The first-order valence-electron chi connectivity index (χ1n) is 6.31. The summed E-state index contributed by atoms with van der Waals surface area (Å²) < 4.78 is 0. The van der Waals surface area contributed by atoms with Crippen LogP contribution >= 0.6 is 0 Å². The minimum Gasteiger partial charge on any atom is -0.508 e. The average Bonchev–Trinajstić information content (AvgIpc) is 2.38. The Kier molecular flexibility index (Phi) is 5.36. The number of hydrogen-bond donors (Lipinski definition) is 2. The molecular formula is C14H20N2O3. The molecule has 0 radical (unpaired) electrons. The molecule has 0 spiro atoms. The van der Waals surface area contributed by atoms with E-state index in [2.05, 4.69) is 5.32 Å². The maximum Gasteiger partial charge on any atom is 0.313 e. The zero-order valence-electron chi connectivity index (χ0n) is 11.6. The maximum atomic E-state index is 11.8. The minimum absolute atomic E-state index is 0.127. The van der Waals surface area contributed by atoms with Crippen LogP contribution in [0.15, 0.2) is 18.2 Å². The van der Waals surface area contributed by atoms with E-state index in [4.69, 9.17) is 0 Å². The van der Waals surface area contributed by atoms with Gasteiger partial charge in [0.05, 0.1) is 0 Å². The SMILES string of the molecule is CCCCN(C)C(=O)C(=O)Nc1ccc(O)cc1C. The third kappa shape index (κ3) is 4.28. The Morgan fingerprint density at radius 1 is 1.37 bits per heavy atom. The molecule has 1 aromatic rings. The first-order chi connectivity index (χ1) is 8.95. The molecule has 0 aliphatic rings. The lowest BCUT2D eigenvalue weighted by Crippen LogP contribution is -2.37. The van der Waals surface area contributed by atoms with Gasteiger partial charge in [0.2, 0.25) is 0 Å². The van der Waals surface area contributed by atoms with E-state index in [0.29, 0.717) is 17.8 Å². The van der Waals surface area contributed by atoms with Gasteiger partial charge in [-0.25, -0.2) is 0 Å². The standard InChI is InChI=1S/C14H20N2O3/c1-4-5-8-16(3)14(19)13(18)15-12-7-6-11(17)9-10(12)2/h6-7,9,17H,4-5,8H2,1-3H3,(H,15,18). The molecule has 0 saturated carbocycles. The summed E-state index contributed by atoms with van der Waals surface area (Å²) in [5.41, 5.74) is 1.23. The van der Waals surface area contributed by atoms with E-state index in [-0.39, 0.29) is 5.75 Å². The number of carbonyl (C=O) groups is 2. The van der Waals surface area contributed by atoms with Crippen LogP contribution in [0.4, 0.5) is 5.69 Å². The summed E-state index contributed by atoms with van der Waals surface area (Å²) in [6.45, 7) is 4.34. The molecule has 0 aliphatic heterocycles. The van der Waals surface area contributed by atoms with Gasteiger partial charge < -0.3 is 15.3 Å². The number of unbranched alkanes of at least 4 members (excludes halogenated alkanes) is 1. The van der Waals surface area contributed by atoms with Crippen molar-refractivity contribution in [3.05, 3.63) is 23.8 Å². The van der Waals surface area contributed by atoms with E-state index in [9.17, 15) is 14.7 Å². The van der Waals surface area contributed by atoms with E-state index >= 15 is 0 Å². The van der Waals surface area contributed by atoms with Crippen molar-refractivity contribution in [3.63, 3.8) is 0 Å². The van der Waals surface area contributed by atoms with Crippen LogP contribution in [0.1, 0.15) is 25.3 Å². The fraction of sp³-hybridized carbons (Fsp3) is 0.429. The summed E-state index contributed by atoms with van der Waals surface area (Å²) in [5.74, 6) is -1.09. The summed E-state index contributed by atoms with van der Waals surface area (Å²) in [5, 5.41) is 11.8. The highest BCUT2D eigenvalue weighted by atomic mass is 16.3. The van der Waals surface area contributed by atoms with E-state index < -0.39 is 11.8 Å². The third-order valence-corrected chi connectivity index (χ3v) is 2.85. The lowest BCUT2D eigenvalue weighted by Gasteiger charge is -2.16. The van der Waals surface area contributed by atoms with E-state index in [1.807, 2.05) is 6.92 Å². The molecule has 0 bridgehead atoms. The molecule has 1 rings (SSSR count). The monoisotopic (exact) mass is 264 g/mol. The number of hydrogen-bond acceptors (Lipinski definition) is 3. The second-order valence-electron chi connectivity index (χ2n) is 4.53. The average molecular weight is 264 g/mol. The zero-order valence-corrected chi connectivity index (χ0v) is 11.6. The number of phenols is 1. The van der Waals surface area contributed by atoms with E-state index in [1.165, 1.54) is 17.0 Å². The van der Waals surface area contributed by atoms with Gasteiger partial charge in [0.1, 0.15) is 5.75 Å². The fourth-order valence-electron chi connectivity index (χ4n) is 1.63. The lowest BCUT2D eigenvalue weighted by atomic mass is 10.2. The van der Waals surface area contributed by atoms with Crippen LogP contribution in [-0.4, -0.2) is 35.4 Å². The molecule has 0 atom stereocenters. The number of carbonyl (C=O) groups excluding carboxylic acids is 2. The van der Waals surface area contributed by atoms with Gasteiger partial charge in [-0.1, -0.05) is 13.3 Å².